The van der Waals surface area contributed by atoms with E-state index >= 15 is 0 Å². The molecule has 2 N–H and O–H groups in total. The number of benzene rings is 3. The van der Waals surface area contributed by atoms with Crippen LogP contribution in [0.25, 0.3) is 0 Å². The number of rotatable bonds is 6. The first-order chi connectivity index (χ1) is 13.6. The van der Waals surface area contributed by atoms with Gasteiger partial charge in [-0.15, -0.1) is 0 Å². The molecule has 0 fully saturated rings. The number of methoxy groups -OCH3 is 1. The number of phenols is 1. The first-order valence-electron chi connectivity index (χ1n) is 8.77. The molecule has 144 valence electrons. The molecule has 0 aliphatic heterocycles. The van der Waals surface area contributed by atoms with E-state index in [-0.39, 0.29) is 11.8 Å². The Morgan fingerprint density at radius 3 is 2.46 bits per heavy atom. The molecule has 0 atom stereocenters. The summed E-state index contributed by atoms with van der Waals surface area (Å²) in [5, 5.41) is 12.6. The van der Waals surface area contributed by atoms with E-state index in [2.05, 4.69) is 5.32 Å². The molecule has 0 aromatic heterocycles. The van der Waals surface area contributed by atoms with Gasteiger partial charge in [-0.3, -0.25) is 0 Å². The van der Waals surface area contributed by atoms with Crippen molar-refractivity contribution in [1.82, 2.24) is 4.90 Å². The second-order valence-corrected chi connectivity index (χ2v) is 6.20. The van der Waals surface area contributed by atoms with Crippen molar-refractivity contribution in [2.24, 2.45) is 0 Å². The summed E-state index contributed by atoms with van der Waals surface area (Å²) in [6.07, 6.45) is 0. The average Bonchev–Trinajstić information content (AvgIpc) is 2.71. The second kappa shape index (κ2) is 8.81. The Hall–Kier alpha value is -3.67. The first kappa shape index (κ1) is 19.1. The van der Waals surface area contributed by atoms with Crippen LogP contribution >= 0.6 is 0 Å². The van der Waals surface area contributed by atoms with Gasteiger partial charge in [0.15, 0.2) is 17.2 Å². The van der Waals surface area contributed by atoms with E-state index in [1.54, 1.807) is 37.4 Å². The fourth-order valence-corrected chi connectivity index (χ4v) is 2.65. The average molecular weight is 378 g/mol. The van der Waals surface area contributed by atoms with Crippen LogP contribution < -0.4 is 14.8 Å². The Balaban J connectivity index is 1.69. The molecule has 3 aromatic carbocycles. The maximum absolute atomic E-state index is 12.6. The van der Waals surface area contributed by atoms with Crippen molar-refractivity contribution in [3.05, 3.63) is 78.4 Å². The van der Waals surface area contributed by atoms with E-state index < -0.39 is 0 Å². The molecule has 0 heterocycles. The summed E-state index contributed by atoms with van der Waals surface area (Å²) in [4.78, 5) is 14.2. The van der Waals surface area contributed by atoms with Gasteiger partial charge in [0.1, 0.15) is 5.75 Å². The van der Waals surface area contributed by atoms with Crippen molar-refractivity contribution in [3.63, 3.8) is 0 Å². The zero-order valence-electron chi connectivity index (χ0n) is 15.8. The zero-order valence-corrected chi connectivity index (χ0v) is 15.8. The van der Waals surface area contributed by atoms with E-state index in [1.807, 2.05) is 42.5 Å². The monoisotopic (exact) mass is 378 g/mol. The van der Waals surface area contributed by atoms with Crippen LogP contribution in [0, 0.1) is 0 Å². The van der Waals surface area contributed by atoms with E-state index in [1.165, 1.54) is 12.0 Å². The van der Waals surface area contributed by atoms with Gasteiger partial charge in [0.2, 0.25) is 0 Å². The lowest BCUT2D eigenvalue weighted by Crippen LogP contribution is -2.30. The third-order valence-corrected chi connectivity index (χ3v) is 4.11. The van der Waals surface area contributed by atoms with E-state index in [0.717, 1.165) is 5.56 Å². The van der Waals surface area contributed by atoms with E-state index in [9.17, 15) is 9.90 Å². The SMILES string of the molecule is COc1cc(CN(C)C(=O)Nc2ccccc2Oc2ccccc2)ccc1O. The highest BCUT2D eigenvalue weighted by molar-refractivity contribution is 5.90. The molecule has 28 heavy (non-hydrogen) atoms. The standard InChI is InChI=1S/C22H22N2O4/c1-24(15-16-12-13-19(25)21(14-16)27-2)22(26)23-18-10-6-7-11-20(18)28-17-8-4-3-5-9-17/h3-14,25H,15H2,1-2H3,(H,23,26). The minimum absolute atomic E-state index is 0.0605. The normalized spacial score (nSPS) is 10.2. The Bertz CT molecular complexity index is 944. The van der Waals surface area contributed by atoms with Gasteiger partial charge >= 0.3 is 6.03 Å². The van der Waals surface area contributed by atoms with Crippen LogP contribution in [0.1, 0.15) is 5.56 Å². The number of ether oxygens (including phenoxy) is 2. The Labute approximate surface area is 163 Å². The van der Waals surface area contributed by atoms with Crippen molar-refractivity contribution in [2.45, 2.75) is 6.54 Å². The molecule has 0 aliphatic rings. The van der Waals surface area contributed by atoms with Crippen LogP contribution in [0.3, 0.4) is 0 Å². The lowest BCUT2D eigenvalue weighted by Gasteiger charge is -2.20. The van der Waals surface area contributed by atoms with Gasteiger partial charge in [-0.1, -0.05) is 36.4 Å². The number of carbonyl (C=O) groups excluding carboxylic acids is 1. The number of urea groups is 1. The lowest BCUT2D eigenvalue weighted by molar-refractivity contribution is 0.220. The van der Waals surface area contributed by atoms with Crippen LogP contribution in [0.4, 0.5) is 10.5 Å². The number of phenolic OH excluding ortho intramolecular Hbond substituents is 1. The minimum atomic E-state index is -0.281. The molecule has 0 saturated carbocycles. The zero-order chi connectivity index (χ0) is 19.9. The van der Waals surface area contributed by atoms with Gasteiger partial charge < -0.3 is 24.8 Å². The van der Waals surface area contributed by atoms with Crippen molar-refractivity contribution >= 4 is 11.7 Å². The van der Waals surface area contributed by atoms with Gasteiger partial charge in [0.25, 0.3) is 0 Å². The number of para-hydroxylation sites is 3. The number of hydrogen-bond acceptors (Lipinski definition) is 4. The first-order valence-corrected chi connectivity index (χ1v) is 8.77. The molecule has 2 amide bonds. The predicted octanol–water partition coefficient (Wildman–Crippen LogP) is 4.86. The Kier molecular flexibility index (Phi) is 6.01. The summed E-state index contributed by atoms with van der Waals surface area (Å²) in [6, 6.07) is 21.4. The summed E-state index contributed by atoms with van der Waals surface area (Å²) in [7, 11) is 3.17. The molecule has 0 aliphatic carbocycles. The number of carbonyl (C=O) groups is 1. The number of nitrogens with zero attached hydrogens (tertiary/aromatic N) is 1. The molecule has 0 bridgehead atoms. The number of anilines is 1. The molecule has 0 spiro atoms. The molecule has 6 heteroatoms. The molecule has 0 saturated heterocycles. The second-order valence-electron chi connectivity index (χ2n) is 6.20. The quantitative estimate of drug-likeness (QED) is 0.643. The summed E-state index contributed by atoms with van der Waals surface area (Å²) in [6.45, 7) is 0.351. The molecule has 3 aromatic rings. The van der Waals surface area contributed by atoms with Crippen molar-refractivity contribution in [3.8, 4) is 23.0 Å². The van der Waals surface area contributed by atoms with Crippen LogP contribution in [0.5, 0.6) is 23.0 Å². The predicted molar refractivity (Wildman–Crippen MR) is 108 cm³/mol. The number of amides is 2. The lowest BCUT2D eigenvalue weighted by atomic mass is 10.2. The molecular weight excluding hydrogens is 356 g/mol. The summed E-state index contributed by atoms with van der Waals surface area (Å²) in [5.41, 5.74) is 1.41. The van der Waals surface area contributed by atoms with Gasteiger partial charge in [-0.05, 0) is 42.0 Å². The Morgan fingerprint density at radius 1 is 1.00 bits per heavy atom. The molecule has 0 radical (unpaired) electrons. The fourth-order valence-electron chi connectivity index (χ4n) is 2.65. The van der Waals surface area contributed by atoms with Crippen LogP contribution in [0.15, 0.2) is 72.8 Å². The number of nitrogens with one attached hydrogen (secondary N) is 1. The Morgan fingerprint density at radius 2 is 1.71 bits per heavy atom. The van der Waals surface area contributed by atoms with E-state index in [4.69, 9.17) is 9.47 Å². The minimum Gasteiger partial charge on any atom is -0.504 e. The third kappa shape index (κ3) is 4.73. The number of aromatic hydroxyl groups is 1. The highest BCUT2D eigenvalue weighted by atomic mass is 16.5. The van der Waals surface area contributed by atoms with Crippen molar-refractivity contribution in [1.29, 1.82) is 0 Å². The maximum Gasteiger partial charge on any atom is 0.321 e. The van der Waals surface area contributed by atoms with Gasteiger partial charge in [-0.25, -0.2) is 4.79 Å². The maximum atomic E-state index is 12.6. The van der Waals surface area contributed by atoms with Crippen LogP contribution in [-0.2, 0) is 6.54 Å². The topological polar surface area (TPSA) is 71.0 Å². The fraction of sp³-hybridized carbons (Fsp3) is 0.136. The van der Waals surface area contributed by atoms with Gasteiger partial charge in [0.05, 0.1) is 12.8 Å². The molecule has 6 nitrogen and oxygen atoms in total. The smallest absolute Gasteiger partial charge is 0.321 e. The molecule has 3 rings (SSSR count). The highest BCUT2D eigenvalue weighted by Gasteiger charge is 2.13. The molecular formula is C22H22N2O4. The van der Waals surface area contributed by atoms with Crippen LogP contribution in [0.2, 0.25) is 0 Å². The summed E-state index contributed by atoms with van der Waals surface area (Å²) in [5.74, 6) is 1.67. The third-order valence-electron chi connectivity index (χ3n) is 4.11. The van der Waals surface area contributed by atoms with Crippen molar-refractivity contribution < 1.29 is 19.4 Å². The summed E-state index contributed by atoms with van der Waals surface area (Å²) < 4.78 is 11.0. The van der Waals surface area contributed by atoms with Crippen molar-refractivity contribution in [2.75, 3.05) is 19.5 Å². The largest absolute Gasteiger partial charge is 0.504 e. The van der Waals surface area contributed by atoms with Gasteiger partial charge in [-0.2, -0.15) is 0 Å². The summed E-state index contributed by atoms with van der Waals surface area (Å²) >= 11 is 0. The number of hydrogen-bond donors (Lipinski definition) is 2. The van der Waals surface area contributed by atoms with Gasteiger partial charge in [0, 0.05) is 13.6 Å². The highest BCUT2D eigenvalue weighted by Crippen LogP contribution is 2.30. The van der Waals surface area contributed by atoms with Crippen LogP contribution in [-0.4, -0.2) is 30.2 Å². The molecule has 0 unspecified atom stereocenters. The van der Waals surface area contributed by atoms with E-state index in [0.29, 0.717) is 29.5 Å².